The molecule has 3 aromatic rings. The summed E-state index contributed by atoms with van der Waals surface area (Å²) in [6, 6.07) is 21.6. The molecule has 3 aromatic carbocycles. The largest absolute Gasteiger partial charge is 0.333 e. The van der Waals surface area contributed by atoms with Crippen molar-refractivity contribution in [3.8, 4) is 0 Å². The van der Waals surface area contributed by atoms with E-state index in [1.54, 1.807) is 67.6 Å². The molecule has 160 valence electrons. The van der Waals surface area contributed by atoms with Crippen LogP contribution in [0.25, 0.3) is 0 Å². The van der Waals surface area contributed by atoms with Crippen molar-refractivity contribution in [2.75, 3.05) is 5.32 Å². The maximum atomic E-state index is 12.8. The Labute approximate surface area is 181 Å². The number of quaternary nitrogens is 1. The van der Waals surface area contributed by atoms with Gasteiger partial charge < -0.3 is 10.6 Å². The molecule has 0 fully saturated rings. The number of hydrogen-bond donors (Lipinski definition) is 3. The number of benzene rings is 3. The van der Waals surface area contributed by atoms with Gasteiger partial charge in [-0.15, -0.1) is 0 Å². The molecular weight excluding hydrogens is 414 g/mol. The Bertz CT molecular complexity index is 1180. The van der Waals surface area contributed by atoms with Crippen molar-refractivity contribution in [3.63, 3.8) is 0 Å². The standard InChI is InChI=1S/C23H23N3O4S/c1-16(25-15-17-11-13-19(14-12-17)31(24,29)30)23(28)26-21-10-6-5-9-20(21)22(27)18-7-3-2-4-8-18/h2-14,16,25H,15H2,1H3,(H,26,28)(H2,24,29,30)/p+1/t16-/m0/s1. The summed E-state index contributed by atoms with van der Waals surface area (Å²) in [4.78, 5) is 25.5. The molecule has 31 heavy (non-hydrogen) atoms. The van der Waals surface area contributed by atoms with E-state index in [1.165, 1.54) is 12.1 Å². The Balaban J connectivity index is 1.64. The summed E-state index contributed by atoms with van der Waals surface area (Å²) >= 11 is 0. The number of primary sulfonamides is 1. The average Bonchev–Trinajstić information content (AvgIpc) is 2.77. The van der Waals surface area contributed by atoms with Crippen molar-refractivity contribution in [3.05, 3.63) is 95.6 Å². The first kappa shape index (κ1) is 22.4. The van der Waals surface area contributed by atoms with Crippen molar-refractivity contribution in [2.24, 2.45) is 5.14 Å². The van der Waals surface area contributed by atoms with Gasteiger partial charge in [-0.1, -0.05) is 54.6 Å². The molecule has 3 rings (SSSR count). The van der Waals surface area contributed by atoms with Crippen LogP contribution in [0.15, 0.2) is 83.8 Å². The van der Waals surface area contributed by atoms with E-state index in [2.05, 4.69) is 5.32 Å². The van der Waals surface area contributed by atoms with E-state index in [0.29, 0.717) is 23.4 Å². The van der Waals surface area contributed by atoms with Crippen molar-refractivity contribution < 1.29 is 23.3 Å². The summed E-state index contributed by atoms with van der Waals surface area (Å²) in [5, 5.41) is 9.76. The molecular formula is C23H24N3O4S+. The number of sulfonamides is 1. The molecule has 0 aromatic heterocycles. The fourth-order valence-corrected chi connectivity index (χ4v) is 3.53. The quantitative estimate of drug-likeness (QED) is 0.463. The molecule has 0 heterocycles. The number of amides is 1. The highest BCUT2D eigenvalue weighted by Crippen LogP contribution is 2.19. The van der Waals surface area contributed by atoms with Gasteiger partial charge in [0.15, 0.2) is 11.8 Å². The minimum absolute atomic E-state index is 0.0433. The SMILES string of the molecule is C[C@H]([NH2+]Cc1ccc(S(N)(=O)=O)cc1)C(=O)Nc1ccccc1C(=O)c1ccccc1. The van der Waals surface area contributed by atoms with Crippen LogP contribution in [-0.2, 0) is 21.4 Å². The predicted octanol–water partition coefficient (Wildman–Crippen LogP) is 1.66. The van der Waals surface area contributed by atoms with Gasteiger partial charge in [-0.2, -0.15) is 0 Å². The zero-order chi connectivity index (χ0) is 22.4. The lowest BCUT2D eigenvalue weighted by molar-refractivity contribution is -0.688. The zero-order valence-corrected chi connectivity index (χ0v) is 17.8. The van der Waals surface area contributed by atoms with Crippen LogP contribution in [0, 0.1) is 0 Å². The third-order valence-electron chi connectivity index (χ3n) is 4.84. The molecule has 0 bridgehead atoms. The monoisotopic (exact) mass is 438 g/mol. The smallest absolute Gasteiger partial charge is 0.282 e. The van der Waals surface area contributed by atoms with E-state index in [4.69, 9.17) is 5.14 Å². The summed E-state index contributed by atoms with van der Waals surface area (Å²) in [5.41, 5.74) is 2.28. The Morgan fingerprint density at radius 1 is 0.935 bits per heavy atom. The molecule has 0 saturated carbocycles. The highest BCUT2D eigenvalue weighted by molar-refractivity contribution is 7.89. The molecule has 0 saturated heterocycles. The lowest BCUT2D eigenvalue weighted by Gasteiger charge is -2.14. The van der Waals surface area contributed by atoms with Crippen LogP contribution in [0.1, 0.15) is 28.4 Å². The van der Waals surface area contributed by atoms with E-state index in [0.717, 1.165) is 5.56 Å². The Kier molecular flexibility index (Phi) is 6.96. The molecule has 8 heteroatoms. The van der Waals surface area contributed by atoms with Gasteiger partial charge in [0.05, 0.1) is 10.6 Å². The minimum Gasteiger partial charge on any atom is -0.333 e. The summed E-state index contributed by atoms with van der Waals surface area (Å²) < 4.78 is 22.7. The van der Waals surface area contributed by atoms with E-state index in [-0.39, 0.29) is 16.6 Å². The molecule has 0 radical (unpaired) electrons. The normalized spacial score (nSPS) is 12.2. The first-order chi connectivity index (χ1) is 14.8. The number of hydrogen-bond acceptors (Lipinski definition) is 4. The second-order valence-electron chi connectivity index (χ2n) is 7.15. The van der Waals surface area contributed by atoms with Crippen LogP contribution < -0.4 is 15.8 Å². The number of carbonyl (C=O) groups excluding carboxylic acids is 2. The summed E-state index contributed by atoms with van der Waals surface area (Å²) in [7, 11) is -3.73. The first-order valence-corrected chi connectivity index (χ1v) is 11.2. The van der Waals surface area contributed by atoms with Crippen LogP contribution in [-0.4, -0.2) is 26.2 Å². The van der Waals surface area contributed by atoms with Crippen molar-refractivity contribution in [1.82, 2.24) is 0 Å². The van der Waals surface area contributed by atoms with Gasteiger partial charge in [0.1, 0.15) is 6.54 Å². The molecule has 0 spiro atoms. The lowest BCUT2D eigenvalue weighted by atomic mass is 10.0. The zero-order valence-electron chi connectivity index (χ0n) is 17.0. The Hall–Kier alpha value is -3.33. The molecule has 0 aliphatic rings. The molecule has 7 nitrogen and oxygen atoms in total. The van der Waals surface area contributed by atoms with Crippen LogP contribution in [0.2, 0.25) is 0 Å². The number of anilines is 1. The van der Waals surface area contributed by atoms with E-state index < -0.39 is 16.1 Å². The molecule has 1 amide bonds. The highest BCUT2D eigenvalue weighted by Gasteiger charge is 2.20. The van der Waals surface area contributed by atoms with Gasteiger partial charge in [0.25, 0.3) is 5.91 Å². The van der Waals surface area contributed by atoms with Crippen LogP contribution in [0.3, 0.4) is 0 Å². The first-order valence-electron chi connectivity index (χ1n) is 9.70. The van der Waals surface area contributed by atoms with Crippen molar-refractivity contribution >= 4 is 27.4 Å². The maximum absolute atomic E-state index is 12.8. The predicted molar refractivity (Wildman–Crippen MR) is 118 cm³/mol. The molecule has 0 aliphatic heterocycles. The third kappa shape index (κ3) is 5.85. The van der Waals surface area contributed by atoms with Crippen LogP contribution >= 0.6 is 0 Å². The number of carbonyl (C=O) groups is 2. The Morgan fingerprint density at radius 2 is 1.55 bits per heavy atom. The van der Waals surface area contributed by atoms with E-state index in [1.807, 2.05) is 11.4 Å². The number of ketones is 1. The highest BCUT2D eigenvalue weighted by atomic mass is 32.2. The van der Waals surface area contributed by atoms with Crippen LogP contribution in [0.4, 0.5) is 5.69 Å². The number of para-hydroxylation sites is 1. The second kappa shape index (κ2) is 9.65. The lowest BCUT2D eigenvalue weighted by Crippen LogP contribution is -2.90. The molecule has 1 atom stereocenters. The van der Waals surface area contributed by atoms with E-state index in [9.17, 15) is 18.0 Å². The van der Waals surface area contributed by atoms with Gasteiger partial charge in [-0.3, -0.25) is 9.59 Å². The number of rotatable bonds is 8. The molecule has 5 N–H and O–H groups in total. The van der Waals surface area contributed by atoms with Crippen molar-refractivity contribution in [1.29, 1.82) is 0 Å². The summed E-state index contributed by atoms with van der Waals surface area (Å²) in [6.07, 6.45) is 0. The van der Waals surface area contributed by atoms with Gasteiger partial charge in [0.2, 0.25) is 10.0 Å². The van der Waals surface area contributed by atoms with Gasteiger partial charge in [0, 0.05) is 16.7 Å². The second-order valence-corrected chi connectivity index (χ2v) is 8.71. The third-order valence-corrected chi connectivity index (χ3v) is 5.77. The van der Waals surface area contributed by atoms with Gasteiger partial charge in [-0.25, -0.2) is 13.6 Å². The topological polar surface area (TPSA) is 123 Å². The fourth-order valence-electron chi connectivity index (χ4n) is 3.02. The molecule has 0 unspecified atom stereocenters. The average molecular weight is 439 g/mol. The van der Waals surface area contributed by atoms with Gasteiger partial charge in [-0.05, 0) is 31.2 Å². The number of nitrogens with two attached hydrogens (primary N) is 2. The summed E-state index contributed by atoms with van der Waals surface area (Å²) in [6.45, 7) is 2.24. The fraction of sp³-hybridized carbons (Fsp3) is 0.130. The molecule has 0 aliphatic carbocycles. The van der Waals surface area contributed by atoms with Crippen LogP contribution in [0.5, 0.6) is 0 Å². The summed E-state index contributed by atoms with van der Waals surface area (Å²) in [5.74, 6) is -0.405. The minimum atomic E-state index is -3.73. The Morgan fingerprint density at radius 3 is 2.19 bits per heavy atom. The number of nitrogens with one attached hydrogen (secondary N) is 1. The maximum Gasteiger partial charge on any atom is 0.282 e. The van der Waals surface area contributed by atoms with Gasteiger partial charge >= 0.3 is 0 Å². The van der Waals surface area contributed by atoms with E-state index >= 15 is 0 Å². The van der Waals surface area contributed by atoms with Crippen molar-refractivity contribution in [2.45, 2.75) is 24.4 Å².